The van der Waals surface area contributed by atoms with Gasteiger partial charge in [0, 0.05) is 0 Å². The zero-order valence-electron chi connectivity index (χ0n) is 12.0. The molecule has 2 heteroatoms. The summed E-state index contributed by atoms with van der Waals surface area (Å²) in [5.41, 5.74) is 0.820. The fourth-order valence-corrected chi connectivity index (χ4v) is 2.60. The van der Waals surface area contributed by atoms with Crippen LogP contribution in [0.15, 0.2) is 24.8 Å². The topological polar surface area (TPSA) is 26.3 Å². The summed E-state index contributed by atoms with van der Waals surface area (Å²) in [4.78, 5) is 11.9. The average Bonchev–Trinajstić information content (AvgIpc) is 2.21. The largest absolute Gasteiger partial charge is 0.460 e. The van der Waals surface area contributed by atoms with Gasteiger partial charge in [0.15, 0.2) is 0 Å². The van der Waals surface area contributed by atoms with E-state index in [-0.39, 0.29) is 5.97 Å². The van der Waals surface area contributed by atoms with Crippen LogP contribution in [0.1, 0.15) is 52.9 Å². The Kier molecular flexibility index (Phi) is 5.18. The summed E-state index contributed by atoms with van der Waals surface area (Å²) in [5, 5.41) is 0. The molecule has 0 aromatic heterocycles. The number of esters is 1. The van der Waals surface area contributed by atoms with E-state index in [1.165, 1.54) is 18.4 Å². The van der Waals surface area contributed by atoms with Crippen LogP contribution < -0.4 is 0 Å². The molecule has 0 aliphatic heterocycles. The summed E-state index contributed by atoms with van der Waals surface area (Å²) in [6.45, 7) is 13.7. The fourth-order valence-electron chi connectivity index (χ4n) is 2.60. The second kappa shape index (κ2) is 6.21. The molecule has 0 aromatic rings. The lowest BCUT2D eigenvalue weighted by atomic mass is 9.75. The normalized spacial score (nSPS) is 24.7. The first-order chi connectivity index (χ1) is 8.33. The average molecular weight is 250 g/mol. The number of hydrogen-bond acceptors (Lipinski definition) is 2. The minimum atomic E-state index is -0.395. The van der Waals surface area contributed by atoms with Crippen molar-refractivity contribution in [2.75, 3.05) is 0 Å². The predicted molar refractivity (Wildman–Crippen MR) is 75.2 cm³/mol. The second-order valence-corrected chi connectivity index (χ2v) is 6.21. The zero-order chi connectivity index (χ0) is 13.8. The minimum Gasteiger partial charge on any atom is -0.460 e. The van der Waals surface area contributed by atoms with Crippen molar-refractivity contribution in [2.24, 2.45) is 11.8 Å². The molecule has 0 aromatic carbocycles. The second-order valence-electron chi connectivity index (χ2n) is 6.21. The molecule has 1 fully saturated rings. The summed E-state index contributed by atoms with van der Waals surface area (Å²) < 4.78 is 5.38. The van der Waals surface area contributed by atoms with Crippen molar-refractivity contribution in [3.8, 4) is 0 Å². The maximum absolute atomic E-state index is 11.9. The number of ether oxygens (including phenoxy) is 1. The maximum atomic E-state index is 11.9. The maximum Gasteiger partial charge on any atom is 0.306 e. The van der Waals surface area contributed by atoms with Crippen molar-refractivity contribution in [1.82, 2.24) is 0 Å². The van der Waals surface area contributed by atoms with E-state index in [1.54, 1.807) is 0 Å². The van der Waals surface area contributed by atoms with Crippen LogP contribution in [-0.4, -0.2) is 11.6 Å². The van der Waals surface area contributed by atoms with E-state index in [1.807, 2.05) is 26.8 Å². The Bertz CT molecular complexity index is 322. The predicted octanol–water partition coefficient (Wildman–Crippen LogP) is 4.27. The first-order valence-electron chi connectivity index (χ1n) is 6.85. The molecule has 2 atom stereocenters. The summed E-state index contributed by atoms with van der Waals surface area (Å²) in [7, 11) is 0. The van der Waals surface area contributed by atoms with E-state index in [4.69, 9.17) is 4.74 Å². The van der Waals surface area contributed by atoms with Crippen molar-refractivity contribution in [2.45, 2.75) is 58.5 Å². The molecule has 1 aliphatic carbocycles. The Morgan fingerprint density at radius 2 is 2.00 bits per heavy atom. The van der Waals surface area contributed by atoms with Crippen molar-refractivity contribution >= 4 is 5.97 Å². The van der Waals surface area contributed by atoms with Gasteiger partial charge in [-0.15, -0.1) is 6.58 Å². The lowest BCUT2D eigenvalue weighted by Gasteiger charge is -2.31. The number of carbonyl (C=O) groups is 1. The monoisotopic (exact) mass is 250 g/mol. The molecule has 0 spiro atoms. The standard InChI is InChI=1S/C16H26O2/c1-6-8-13-9-7-10-14(12(13)2)11-15(17)18-16(3,4)5/h6,13-14H,1-2,7-11H2,3-5H3/t13?,14-/m0/s1. The van der Waals surface area contributed by atoms with Crippen molar-refractivity contribution in [1.29, 1.82) is 0 Å². The van der Waals surface area contributed by atoms with E-state index in [9.17, 15) is 4.79 Å². The van der Waals surface area contributed by atoms with E-state index >= 15 is 0 Å². The third-order valence-corrected chi connectivity index (χ3v) is 3.44. The highest BCUT2D eigenvalue weighted by molar-refractivity contribution is 5.70. The molecule has 1 aliphatic rings. The third-order valence-electron chi connectivity index (χ3n) is 3.44. The van der Waals surface area contributed by atoms with Gasteiger partial charge in [0.05, 0.1) is 6.42 Å². The Hall–Kier alpha value is -1.05. The van der Waals surface area contributed by atoms with Gasteiger partial charge in [0.2, 0.25) is 0 Å². The smallest absolute Gasteiger partial charge is 0.306 e. The van der Waals surface area contributed by atoms with Gasteiger partial charge in [-0.3, -0.25) is 4.79 Å². The molecule has 0 radical (unpaired) electrons. The molecule has 18 heavy (non-hydrogen) atoms. The van der Waals surface area contributed by atoms with Crippen molar-refractivity contribution in [3.05, 3.63) is 24.8 Å². The van der Waals surface area contributed by atoms with Crippen molar-refractivity contribution in [3.63, 3.8) is 0 Å². The van der Waals surface area contributed by atoms with Gasteiger partial charge in [-0.2, -0.15) is 0 Å². The number of rotatable bonds is 4. The number of hydrogen-bond donors (Lipinski definition) is 0. The SMILES string of the molecule is C=CCC1CCC[C@@H](CC(=O)OC(C)(C)C)C1=C. The molecule has 0 bridgehead atoms. The first kappa shape index (κ1) is 15.0. The lowest BCUT2D eigenvalue weighted by molar-refractivity contribution is -0.155. The first-order valence-corrected chi connectivity index (χ1v) is 6.85. The Balaban J connectivity index is 2.53. The molecule has 0 N–H and O–H groups in total. The molecular formula is C16H26O2. The van der Waals surface area contributed by atoms with Crippen LogP contribution in [0.5, 0.6) is 0 Å². The molecule has 1 rings (SSSR count). The Morgan fingerprint density at radius 3 is 2.56 bits per heavy atom. The van der Waals surface area contributed by atoms with Crippen LogP contribution >= 0.6 is 0 Å². The number of allylic oxidation sites excluding steroid dienone is 2. The van der Waals surface area contributed by atoms with E-state index < -0.39 is 5.60 Å². The van der Waals surface area contributed by atoms with Crippen LogP contribution in [0, 0.1) is 11.8 Å². The fraction of sp³-hybridized carbons (Fsp3) is 0.688. The summed E-state index contributed by atoms with van der Waals surface area (Å²) in [6, 6.07) is 0. The van der Waals surface area contributed by atoms with Crippen LogP contribution in [-0.2, 0) is 9.53 Å². The van der Waals surface area contributed by atoms with Gasteiger partial charge < -0.3 is 4.74 Å². The molecule has 0 heterocycles. The molecule has 102 valence electrons. The van der Waals surface area contributed by atoms with Crippen LogP contribution in [0.2, 0.25) is 0 Å². The van der Waals surface area contributed by atoms with Gasteiger partial charge in [0.1, 0.15) is 5.60 Å². The zero-order valence-corrected chi connectivity index (χ0v) is 12.0. The molecule has 0 saturated heterocycles. The lowest BCUT2D eigenvalue weighted by Crippen LogP contribution is -2.27. The van der Waals surface area contributed by atoms with Gasteiger partial charge in [-0.1, -0.05) is 24.6 Å². The highest BCUT2D eigenvalue weighted by atomic mass is 16.6. The Morgan fingerprint density at radius 1 is 1.39 bits per heavy atom. The van der Waals surface area contributed by atoms with Crippen molar-refractivity contribution < 1.29 is 9.53 Å². The summed E-state index contributed by atoms with van der Waals surface area (Å²) in [6.07, 6.45) is 6.81. The molecular weight excluding hydrogens is 224 g/mol. The quantitative estimate of drug-likeness (QED) is 0.550. The van der Waals surface area contributed by atoms with E-state index in [0.717, 1.165) is 12.8 Å². The van der Waals surface area contributed by atoms with Crippen LogP contribution in [0.3, 0.4) is 0 Å². The highest BCUT2D eigenvalue weighted by Crippen LogP contribution is 2.37. The Labute approximate surface area is 111 Å². The van der Waals surface area contributed by atoms with Crippen LogP contribution in [0.25, 0.3) is 0 Å². The summed E-state index contributed by atoms with van der Waals surface area (Å²) in [5.74, 6) is 0.690. The van der Waals surface area contributed by atoms with Gasteiger partial charge >= 0.3 is 5.97 Å². The minimum absolute atomic E-state index is 0.104. The molecule has 1 unspecified atom stereocenters. The van der Waals surface area contributed by atoms with E-state index in [2.05, 4.69) is 13.2 Å². The highest BCUT2D eigenvalue weighted by Gasteiger charge is 2.28. The molecule has 0 amide bonds. The molecule has 2 nitrogen and oxygen atoms in total. The van der Waals surface area contributed by atoms with Gasteiger partial charge in [0.25, 0.3) is 0 Å². The van der Waals surface area contributed by atoms with E-state index in [0.29, 0.717) is 18.3 Å². The van der Waals surface area contributed by atoms with Gasteiger partial charge in [-0.25, -0.2) is 0 Å². The van der Waals surface area contributed by atoms with Crippen LogP contribution in [0.4, 0.5) is 0 Å². The summed E-state index contributed by atoms with van der Waals surface area (Å²) >= 11 is 0. The third kappa shape index (κ3) is 4.67. The van der Waals surface area contributed by atoms with Gasteiger partial charge in [-0.05, 0) is 51.9 Å². The number of carbonyl (C=O) groups excluding carboxylic acids is 1. The molecule has 1 saturated carbocycles.